The molecular formula is C17H16FN3OS. The zero-order valence-electron chi connectivity index (χ0n) is 12.8. The van der Waals surface area contributed by atoms with E-state index in [0.29, 0.717) is 11.3 Å². The second-order valence-corrected chi connectivity index (χ2v) is 6.05. The maximum absolute atomic E-state index is 13.3. The van der Waals surface area contributed by atoms with Gasteiger partial charge < -0.3 is 4.42 Å². The summed E-state index contributed by atoms with van der Waals surface area (Å²) in [7, 11) is 0. The zero-order chi connectivity index (χ0) is 16.2. The first-order valence-corrected chi connectivity index (χ1v) is 8.09. The van der Waals surface area contributed by atoms with Crippen LogP contribution in [0.5, 0.6) is 0 Å². The minimum atomic E-state index is -0.289. The molecule has 0 aliphatic rings. The van der Waals surface area contributed by atoms with Crippen LogP contribution in [0.2, 0.25) is 0 Å². The Kier molecular flexibility index (Phi) is 4.52. The second-order valence-electron chi connectivity index (χ2n) is 5.22. The van der Waals surface area contributed by atoms with Crippen molar-refractivity contribution in [2.45, 2.75) is 19.9 Å². The van der Waals surface area contributed by atoms with Gasteiger partial charge in [-0.15, -0.1) is 11.3 Å². The molecular weight excluding hydrogens is 313 g/mol. The molecule has 2 aromatic heterocycles. The first-order chi connectivity index (χ1) is 11.1. The largest absolute Gasteiger partial charge is 0.463 e. The number of thiazole rings is 1. The Bertz CT molecular complexity index is 875. The van der Waals surface area contributed by atoms with Crippen molar-refractivity contribution in [3.63, 3.8) is 0 Å². The molecule has 0 N–H and O–H groups in total. The van der Waals surface area contributed by atoms with Crippen LogP contribution in [-0.4, -0.2) is 16.9 Å². The Hall–Kier alpha value is -2.47. The van der Waals surface area contributed by atoms with E-state index in [1.54, 1.807) is 29.3 Å². The van der Waals surface area contributed by atoms with Crippen LogP contribution in [-0.2, 0) is 0 Å². The van der Waals surface area contributed by atoms with Crippen molar-refractivity contribution < 1.29 is 8.81 Å². The Morgan fingerprint density at radius 3 is 2.83 bits per heavy atom. The molecule has 2 heterocycles. The Morgan fingerprint density at radius 1 is 1.26 bits per heavy atom. The van der Waals surface area contributed by atoms with E-state index in [2.05, 4.69) is 10.1 Å². The van der Waals surface area contributed by atoms with Crippen LogP contribution in [0.1, 0.15) is 19.4 Å². The quantitative estimate of drug-likeness (QED) is 0.663. The highest BCUT2D eigenvalue weighted by atomic mass is 32.1. The molecule has 0 atom stereocenters. The summed E-state index contributed by atoms with van der Waals surface area (Å²) in [5.41, 5.74) is 1.50. The van der Waals surface area contributed by atoms with Crippen molar-refractivity contribution in [1.82, 2.24) is 4.68 Å². The third kappa shape index (κ3) is 3.65. The lowest BCUT2D eigenvalue weighted by atomic mass is 10.2. The first kappa shape index (κ1) is 15.4. The lowest BCUT2D eigenvalue weighted by Crippen LogP contribution is -2.14. The number of aromatic nitrogens is 1. The number of furan rings is 1. The second kappa shape index (κ2) is 6.75. The van der Waals surface area contributed by atoms with E-state index in [4.69, 9.17) is 4.42 Å². The van der Waals surface area contributed by atoms with Crippen LogP contribution < -0.4 is 4.80 Å². The van der Waals surface area contributed by atoms with Gasteiger partial charge in [0.05, 0.1) is 12.5 Å². The molecule has 0 aliphatic carbocycles. The molecule has 4 nitrogen and oxygen atoms in total. The van der Waals surface area contributed by atoms with E-state index < -0.39 is 0 Å². The predicted molar refractivity (Wildman–Crippen MR) is 90.1 cm³/mol. The average Bonchev–Trinajstić information content (AvgIpc) is 3.14. The normalized spacial score (nSPS) is 12.6. The Morgan fingerprint density at radius 2 is 2.13 bits per heavy atom. The van der Waals surface area contributed by atoms with Crippen LogP contribution in [0.3, 0.4) is 0 Å². The summed E-state index contributed by atoms with van der Waals surface area (Å²) in [4.78, 5) is 5.33. The number of hydrogen-bond acceptors (Lipinski definition) is 4. The topological polar surface area (TPSA) is 42.8 Å². The maximum Gasteiger partial charge on any atom is 0.206 e. The van der Waals surface area contributed by atoms with E-state index in [0.717, 1.165) is 10.5 Å². The Balaban J connectivity index is 2.07. The number of halogens is 1. The molecule has 0 aliphatic heterocycles. The minimum absolute atomic E-state index is 0.147. The highest BCUT2D eigenvalue weighted by Crippen LogP contribution is 2.20. The Labute approximate surface area is 137 Å². The van der Waals surface area contributed by atoms with E-state index in [-0.39, 0.29) is 11.9 Å². The molecule has 0 fully saturated rings. The minimum Gasteiger partial charge on any atom is -0.463 e. The lowest BCUT2D eigenvalue weighted by molar-refractivity contribution is 0.575. The third-order valence-corrected chi connectivity index (χ3v) is 3.83. The first-order valence-electron chi connectivity index (χ1n) is 7.21. The molecule has 1 aromatic carbocycles. The van der Waals surface area contributed by atoms with Gasteiger partial charge in [0.25, 0.3) is 0 Å². The molecule has 3 rings (SSSR count). The van der Waals surface area contributed by atoms with Crippen LogP contribution in [0.15, 0.2) is 62.6 Å². The van der Waals surface area contributed by atoms with Gasteiger partial charge in [-0.25, -0.2) is 9.07 Å². The van der Waals surface area contributed by atoms with Gasteiger partial charge in [-0.2, -0.15) is 5.10 Å². The number of benzene rings is 1. The number of rotatable bonds is 4. The lowest BCUT2D eigenvalue weighted by Gasteiger charge is -2.01. The highest BCUT2D eigenvalue weighted by molar-refractivity contribution is 7.07. The van der Waals surface area contributed by atoms with Gasteiger partial charge in [-0.3, -0.25) is 4.99 Å². The fraction of sp³-hybridized carbons (Fsp3) is 0.176. The molecule has 0 saturated heterocycles. The summed E-state index contributed by atoms with van der Waals surface area (Å²) in [5.74, 6) is 0.422. The van der Waals surface area contributed by atoms with E-state index in [9.17, 15) is 4.39 Å². The summed E-state index contributed by atoms with van der Waals surface area (Å²) in [6.45, 7) is 4.01. The summed E-state index contributed by atoms with van der Waals surface area (Å²) in [6, 6.07) is 10.1. The molecule has 3 aromatic rings. The molecule has 0 saturated carbocycles. The highest BCUT2D eigenvalue weighted by Gasteiger charge is 2.10. The van der Waals surface area contributed by atoms with Gasteiger partial charge in [-0.05, 0) is 43.7 Å². The summed E-state index contributed by atoms with van der Waals surface area (Å²) in [6.07, 6.45) is 3.23. The average molecular weight is 329 g/mol. The van der Waals surface area contributed by atoms with E-state index in [1.165, 1.54) is 23.5 Å². The number of hydrogen-bond donors (Lipinski definition) is 0. The number of nitrogens with zero attached hydrogens (tertiary/aromatic N) is 3. The van der Waals surface area contributed by atoms with Crippen LogP contribution in [0, 0.1) is 5.82 Å². The van der Waals surface area contributed by atoms with Crippen molar-refractivity contribution in [2.75, 3.05) is 0 Å². The van der Waals surface area contributed by atoms with E-state index in [1.807, 2.05) is 31.4 Å². The van der Waals surface area contributed by atoms with Crippen molar-refractivity contribution in [2.24, 2.45) is 10.1 Å². The van der Waals surface area contributed by atoms with Crippen molar-refractivity contribution >= 4 is 17.6 Å². The fourth-order valence-corrected chi connectivity index (χ4v) is 2.98. The molecule has 23 heavy (non-hydrogen) atoms. The van der Waals surface area contributed by atoms with Gasteiger partial charge in [0.15, 0.2) is 5.76 Å². The zero-order valence-corrected chi connectivity index (χ0v) is 13.6. The molecule has 0 unspecified atom stereocenters. The van der Waals surface area contributed by atoms with Gasteiger partial charge in [-0.1, -0.05) is 12.1 Å². The smallest absolute Gasteiger partial charge is 0.206 e. The molecule has 6 heteroatoms. The molecule has 0 amide bonds. The fourth-order valence-electron chi connectivity index (χ4n) is 2.03. The molecule has 0 spiro atoms. The van der Waals surface area contributed by atoms with Crippen LogP contribution in [0.25, 0.3) is 11.5 Å². The monoisotopic (exact) mass is 329 g/mol. The third-order valence-electron chi connectivity index (χ3n) is 3.00. The summed E-state index contributed by atoms with van der Waals surface area (Å²) < 4.78 is 20.5. The van der Waals surface area contributed by atoms with Crippen molar-refractivity contribution in [3.8, 4) is 11.5 Å². The van der Waals surface area contributed by atoms with Gasteiger partial charge >= 0.3 is 0 Å². The van der Waals surface area contributed by atoms with Crippen LogP contribution in [0.4, 0.5) is 4.39 Å². The van der Waals surface area contributed by atoms with Gasteiger partial charge in [0, 0.05) is 11.4 Å². The van der Waals surface area contributed by atoms with Crippen molar-refractivity contribution in [1.29, 1.82) is 0 Å². The van der Waals surface area contributed by atoms with Gasteiger partial charge in [0.2, 0.25) is 4.80 Å². The standard InChI is InChI=1S/C17H16FN3OS/c1-12(2)20-17-21(15(11-23-17)16-7-4-8-22-16)19-10-13-5-3-6-14(18)9-13/h3-12H,1-2H3. The maximum atomic E-state index is 13.3. The summed E-state index contributed by atoms with van der Waals surface area (Å²) in [5, 5.41) is 6.42. The van der Waals surface area contributed by atoms with Crippen molar-refractivity contribution in [3.05, 3.63) is 64.2 Å². The van der Waals surface area contributed by atoms with Crippen LogP contribution >= 0.6 is 11.3 Å². The molecule has 0 bridgehead atoms. The van der Waals surface area contributed by atoms with E-state index >= 15 is 0 Å². The van der Waals surface area contributed by atoms with Gasteiger partial charge in [0.1, 0.15) is 11.5 Å². The molecule has 118 valence electrons. The molecule has 0 radical (unpaired) electrons. The predicted octanol–water partition coefficient (Wildman–Crippen LogP) is 4.14. The SMILES string of the molecule is CC(C)N=c1scc(-c2ccco2)n1N=Cc1cccc(F)c1. The summed E-state index contributed by atoms with van der Waals surface area (Å²) >= 11 is 1.49.